The van der Waals surface area contributed by atoms with Gasteiger partial charge in [0, 0.05) is 25.7 Å². The van der Waals surface area contributed by atoms with E-state index in [9.17, 15) is 0 Å². The number of nitrogens with zero attached hydrogens (tertiary/aromatic N) is 1. The Balaban J connectivity index is 0.00000180. The highest BCUT2D eigenvalue weighted by atomic mass is 127. The molecule has 19 heavy (non-hydrogen) atoms. The molecule has 2 atom stereocenters. The Hall–Kier alpha value is -0.0800. The van der Waals surface area contributed by atoms with Crippen LogP contribution in [0.3, 0.4) is 0 Å². The molecule has 0 amide bonds. The highest BCUT2D eigenvalue weighted by molar-refractivity contribution is 14.0. The Labute approximate surface area is 132 Å². The second kappa shape index (κ2) is 8.97. The van der Waals surface area contributed by atoms with Gasteiger partial charge in [0.1, 0.15) is 0 Å². The SMILES string of the molecule is CN=C(NC(C)COC1CCOC1)NC1CCC1.I. The lowest BCUT2D eigenvalue weighted by Crippen LogP contribution is -2.50. The number of rotatable bonds is 5. The molecule has 1 aliphatic heterocycles. The zero-order valence-corrected chi connectivity index (χ0v) is 14.2. The fourth-order valence-electron chi connectivity index (χ4n) is 2.12. The van der Waals surface area contributed by atoms with E-state index in [-0.39, 0.29) is 36.1 Å². The molecule has 6 heteroatoms. The fraction of sp³-hybridized carbons (Fsp3) is 0.923. The van der Waals surface area contributed by atoms with E-state index in [1.807, 2.05) is 7.05 Å². The summed E-state index contributed by atoms with van der Waals surface area (Å²) in [5.74, 6) is 0.887. The van der Waals surface area contributed by atoms with Crippen LogP contribution in [-0.2, 0) is 9.47 Å². The normalized spacial score (nSPS) is 25.4. The van der Waals surface area contributed by atoms with Crippen molar-refractivity contribution in [1.82, 2.24) is 10.6 Å². The average molecular weight is 383 g/mol. The topological polar surface area (TPSA) is 54.9 Å². The van der Waals surface area contributed by atoms with Crippen molar-refractivity contribution in [1.29, 1.82) is 0 Å². The Kier molecular flexibility index (Phi) is 8.01. The molecule has 0 radical (unpaired) electrons. The first-order valence-corrected chi connectivity index (χ1v) is 6.97. The van der Waals surface area contributed by atoms with Gasteiger partial charge >= 0.3 is 0 Å². The van der Waals surface area contributed by atoms with Crippen molar-refractivity contribution in [3.8, 4) is 0 Å². The van der Waals surface area contributed by atoms with Gasteiger partial charge in [0.15, 0.2) is 5.96 Å². The Morgan fingerprint density at radius 1 is 1.42 bits per heavy atom. The quantitative estimate of drug-likeness (QED) is 0.430. The molecule has 0 aromatic heterocycles. The summed E-state index contributed by atoms with van der Waals surface area (Å²) in [4.78, 5) is 4.24. The smallest absolute Gasteiger partial charge is 0.191 e. The van der Waals surface area contributed by atoms with Crippen LogP contribution in [0, 0.1) is 0 Å². The highest BCUT2D eigenvalue weighted by Crippen LogP contribution is 2.17. The maximum absolute atomic E-state index is 5.79. The molecule has 0 aromatic rings. The van der Waals surface area contributed by atoms with Crippen molar-refractivity contribution < 1.29 is 9.47 Å². The molecular formula is C13H26IN3O2. The van der Waals surface area contributed by atoms with Crippen LogP contribution in [-0.4, -0.2) is 51.0 Å². The lowest BCUT2D eigenvalue weighted by molar-refractivity contribution is 0.0347. The van der Waals surface area contributed by atoms with Crippen molar-refractivity contribution in [3.05, 3.63) is 0 Å². The largest absolute Gasteiger partial charge is 0.379 e. The summed E-state index contributed by atoms with van der Waals surface area (Å²) in [7, 11) is 1.81. The summed E-state index contributed by atoms with van der Waals surface area (Å²) in [6, 6.07) is 0.865. The summed E-state index contributed by atoms with van der Waals surface area (Å²) in [6.45, 7) is 4.38. The molecule has 2 fully saturated rings. The monoisotopic (exact) mass is 383 g/mol. The molecular weight excluding hydrogens is 357 g/mol. The molecule has 1 aliphatic carbocycles. The maximum Gasteiger partial charge on any atom is 0.191 e. The zero-order valence-electron chi connectivity index (χ0n) is 11.9. The fourth-order valence-corrected chi connectivity index (χ4v) is 2.12. The number of guanidine groups is 1. The Morgan fingerprint density at radius 2 is 2.21 bits per heavy atom. The third-order valence-corrected chi connectivity index (χ3v) is 3.52. The molecule has 5 nitrogen and oxygen atoms in total. The highest BCUT2D eigenvalue weighted by Gasteiger charge is 2.20. The molecule has 1 heterocycles. The van der Waals surface area contributed by atoms with Crippen LogP contribution in [0.15, 0.2) is 4.99 Å². The first kappa shape index (κ1) is 17.0. The van der Waals surface area contributed by atoms with E-state index in [1.54, 1.807) is 0 Å². The van der Waals surface area contributed by atoms with Gasteiger partial charge < -0.3 is 20.1 Å². The zero-order chi connectivity index (χ0) is 12.8. The summed E-state index contributed by atoms with van der Waals surface area (Å²) in [5, 5.41) is 6.78. The number of halogens is 1. The van der Waals surface area contributed by atoms with E-state index < -0.39 is 0 Å². The number of ether oxygens (including phenoxy) is 2. The van der Waals surface area contributed by atoms with Gasteiger partial charge in [-0.3, -0.25) is 4.99 Å². The number of aliphatic imine (C=N–C) groups is 1. The van der Waals surface area contributed by atoms with Crippen LogP contribution in [0.4, 0.5) is 0 Å². The van der Waals surface area contributed by atoms with Gasteiger partial charge in [0.25, 0.3) is 0 Å². The van der Waals surface area contributed by atoms with E-state index >= 15 is 0 Å². The Morgan fingerprint density at radius 3 is 2.74 bits per heavy atom. The minimum absolute atomic E-state index is 0. The predicted molar refractivity (Wildman–Crippen MR) is 87.3 cm³/mol. The average Bonchev–Trinajstić information content (AvgIpc) is 2.82. The molecule has 2 aliphatic rings. The predicted octanol–water partition coefficient (Wildman–Crippen LogP) is 1.52. The Bertz CT molecular complexity index is 279. The summed E-state index contributed by atoms with van der Waals surface area (Å²) < 4.78 is 11.1. The van der Waals surface area contributed by atoms with E-state index in [0.29, 0.717) is 12.6 Å². The van der Waals surface area contributed by atoms with Gasteiger partial charge in [-0.25, -0.2) is 0 Å². The van der Waals surface area contributed by atoms with Gasteiger partial charge in [-0.1, -0.05) is 0 Å². The van der Waals surface area contributed by atoms with Crippen LogP contribution in [0.2, 0.25) is 0 Å². The van der Waals surface area contributed by atoms with Gasteiger partial charge in [0.2, 0.25) is 0 Å². The summed E-state index contributed by atoms with van der Waals surface area (Å²) in [5.41, 5.74) is 0. The molecule has 0 bridgehead atoms. The van der Waals surface area contributed by atoms with E-state index in [1.165, 1.54) is 19.3 Å². The van der Waals surface area contributed by atoms with Crippen LogP contribution < -0.4 is 10.6 Å². The molecule has 1 saturated carbocycles. The van der Waals surface area contributed by atoms with E-state index in [4.69, 9.17) is 9.47 Å². The minimum Gasteiger partial charge on any atom is -0.379 e. The van der Waals surface area contributed by atoms with Crippen LogP contribution in [0.5, 0.6) is 0 Å². The first-order valence-electron chi connectivity index (χ1n) is 6.97. The van der Waals surface area contributed by atoms with Crippen LogP contribution >= 0.6 is 24.0 Å². The maximum atomic E-state index is 5.79. The van der Waals surface area contributed by atoms with Crippen LogP contribution in [0.1, 0.15) is 32.6 Å². The van der Waals surface area contributed by atoms with Crippen molar-refractivity contribution >= 4 is 29.9 Å². The van der Waals surface area contributed by atoms with E-state index in [0.717, 1.165) is 25.6 Å². The lowest BCUT2D eigenvalue weighted by atomic mass is 9.93. The molecule has 0 spiro atoms. The van der Waals surface area contributed by atoms with Crippen molar-refractivity contribution in [2.45, 2.75) is 50.8 Å². The van der Waals surface area contributed by atoms with Crippen molar-refractivity contribution in [2.75, 3.05) is 26.9 Å². The third kappa shape index (κ3) is 5.83. The number of nitrogens with one attached hydrogen (secondary N) is 2. The molecule has 0 aromatic carbocycles. The van der Waals surface area contributed by atoms with Gasteiger partial charge in [0.05, 0.1) is 19.3 Å². The van der Waals surface area contributed by atoms with Gasteiger partial charge in [-0.05, 0) is 32.6 Å². The molecule has 1 saturated heterocycles. The minimum atomic E-state index is 0. The standard InChI is InChI=1S/C13H25N3O2.HI/c1-10(8-18-12-6-7-17-9-12)15-13(14-2)16-11-4-3-5-11;/h10-12H,3-9H2,1-2H3,(H2,14,15,16);1H. The molecule has 112 valence electrons. The molecule has 2 N–H and O–H groups in total. The molecule has 2 unspecified atom stereocenters. The van der Waals surface area contributed by atoms with Gasteiger partial charge in [-0.2, -0.15) is 0 Å². The first-order chi connectivity index (χ1) is 8.78. The second-order valence-electron chi connectivity index (χ2n) is 5.21. The number of hydrogen-bond acceptors (Lipinski definition) is 3. The molecule has 2 rings (SSSR count). The van der Waals surface area contributed by atoms with Gasteiger partial charge in [-0.15, -0.1) is 24.0 Å². The second-order valence-corrected chi connectivity index (χ2v) is 5.21. The summed E-state index contributed by atoms with van der Waals surface area (Å²) in [6.07, 6.45) is 5.13. The number of hydrogen-bond donors (Lipinski definition) is 2. The van der Waals surface area contributed by atoms with E-state index in [2.05, 4.69) is 22.5 Å². The van der Waals surface area contributed by atoms with Crippen LogP contribution in [0.25, 0.3) is 0 Å². The third-order valence-electron chi connectivity index (χ3n) is 3.52. The van der Waals surface area contributed by atoms with Crippen molar-refractivity contribution in [3.63, 3.8) is 0 Å². The summed E-state index contributed by atoms with van der Waals surface area (Å²) >= 11 is 0. The lowest BCUT2D eigenvalue weighted by Gasteiger charge is -2.29. The van der Waals surface area contributed by atoms with Crippen molar-refractivity contribution in [2.24, 2.45) is 4.99 Å².